The Morgan fingerprint density at radius 2 is 1.47 bits per heavy atom. The molecule has 1 saturated carbocycles. The molecule has 0 aromatic heterocycles. The van der Waals surface area contributed by atoms with E-state index in [0.29, 0.717) is 0 Å². The van der Waals surface area contributed by atoms with Crippen molar-refractivity contribution < 1.29 is 4.79 Å². The van der Waals surface area contributed by atoms with Gasteiger partial charge in [-0.1, -0.05) is 25.7 Å². The topological polar surface area (TPSA) is 44.1 Å². The zero-order chi connectivity index (χ0) is 12.1. The molecular formula is C14H22N2O. The largest absolute Gasteiger partial charge is 0.341 e. The van der Waals surface area contributed by atoms with Gasteiger partial charge in [0.2, 0.25) is 5.91 Å². The zero-order valence-electron chi connectivity index (χ0n) is 10.6. The van der Waals surface area contributed by atoms with Crippen LogP contribution in [0.4, 0.5) is 0 Å². The number of hydrogen-bond donors (Lipinski definition) is 0. The molecule has 1 saturated heterocycles. The van der Waals surface area contributed by atoms with Crippen molar-refractivity contribution in [1.82, 2.24) is 4.90 Å². The van der Waals surface area contributed by atoms with Crippen LogP contribution in [0.15, 0.2) is 0 Å². The first-order valence-electron chi connectivity index (χ1n) is 6.99. The lowest BCUT2D eigenvalue weighted by Crippen LogP contribution is -2.45. The highest BCUT2D eigenvalue weighted by molar-refractivity contribution is 5.85. The molecule has 1 heterocycles. The molecule has 0 bridgehead atoms. The predicted molar refractivity (Wildman–Crippen MR) is 66.2 cm³/mol. The van der Waals surface area contributed by atoms with Crippen LogP contribution in [-0.2, 0) is 4.79 Å². The molecule has 0 aromatic carbocycles. The Labute approximate surface area is 104 Å². The van der Waals surface area contributed by atoms with Gasteiger partial charge in [0.25, 0.3) is 0 Å². The fraction of sp³-hybridized carbons (Fsp3) is 0.857. The van der Waals surface area contributed by atoms with Gasteiger partial charge in [0, 0.05) is 13.1 Å². The molecule has 1 aliphatic carbocycles. The van der Waals surface area contributed by atoms with Gasteiger partial charge in [0.1, 0.15) is 5.41 Å². The summed E-state index contributed by atoms with van der Waals surface area (Å²) in [6, 6.07) is 2.36. The van der Waals surface area contributed by atoms with Crippen molar-refractivity contribution in [3.63, 3.8) is 0 Å². The second kappa shape index (κ2) is 5.53. The monoisotopic (exact) mass is 234 g/mol. The first-order valence-corrected chi connectivity index (χ1v) is 6.99. The highest BCUT2D eigenvalue weighted by atomic mass is 16.2. The van der Waals surface area contributed by atoms with Gasteiger partial charge in [-0.2, -0.15) is 5.26 Å². The molecule has 0 atom stereocenters. The van der Waals surface area contributed by atoms with Crippen molar-refractivity contribution in [3.05, 3.63) is 0 Å². The van der Waals surface area contributed by atoms with E-state index in [9.17, 15) is 10.1 Å². The van der Waals surface area contributed by atoms with Gasteiger partial charge in [-0.3, -0.25) is 4.79 Å². The molecule has 2 rings (SSSR count). The molecule has 2 fully saturated rings. The minimum Gasteiger partial charge on any atom is -0.341 e. The minimum atomic E-state index is -0.687. The average molecular weight is 234 g/mol. The van der Waals surface area contributed by atoms with E-state index in [1.807, 2.05) is 4.90 Å². The number of nitriles is 1. The molecule has 2 aliphatic rings. The standard InChI is InChI=1S/C14H22N2O/c15-12-14(8-4-1-2-5-9-14)13(17)16-10-6-3-7-11-16/h1-11H2. The molecule has 0 unspecified atom stereocenters. The summed E-state index contributed by atoms with van der Waals surface area (Å²) in [5.74, 6) is 0.126. The number of hydrogen-bond acceptors (Lipinski definition) is 2. The average Bonchev–Trinajstić information content (AvgIpc) is 2.65. The van der Waals surface area contributed by atoms with E-state index in [-0.39, 0.29) is 5.91 Å². The van der Waals surface area contributed by atoms with E-state index < -0.39 is 5.41 Å². The Morgan fingerprint density at radius 1 is 0.941 bits per heavy atom. The van der Waals surface area contributed by atoms with Gasteiger partial charge in [0.15, 0.2) is 0 Å². The Hall–Kier alpha value is -1.04. The predicted octanol–water partition coefficient (Wildman–Crippen LogP) is 2.86. The Morgan fingerprint density at radius 3 is 2.00 bits per heavy atom. The van der Waals surface area contributed by atoms with Gasteiger partial charge >= 0.3 is 0 Å². The molecule has 94 valence electrons. The second-order valence-electron chi connectivity index (χ2n) is 5.46. The van der Waals surface area contributed by atoms with Crippen LogP contribution in [-0.4, -0.2) is 23.9 Å². The lowest BCUT2D eigenvalue weighted by Gasteiger charge is -2.34. The van der Waals surface area contributed by atoms with E-state index in [2.05, 4.69) is 6.07 Å². The SMILES string of the molecule is N#CC1(C(=O)N2CCCCC2)CCCCCC1. The summed E-state index contributed by atoms with van der Waals surface area (Å²) in [5, 5.41) is 9.47. The number of piperidine rings is 1. The van der Waals surface area contributed by atoms with Crippen LogP contribution < -0.4 is 0 Å². The summed E-state index contributed by atoms with van der Waals surface area (Å²) in [7, 11) is 0. The fourth-order valence-electron chi connectivity index (χ4n) is 3.11. The van der Waals surface area contributed by atoms with Crippen LogP contribution in [0.2, 0.25) is 0 Å². The quantitative estimate of drug-likeness (QED) is 0.655. The van der Waals surface area contributed by atoms with Gasteiger partial charge in [-0.15, -0.1) is 0 Å². The lowest BCUT2D eigenvalue weighted by atomic mass is 9.80. The summed E-state index contributed by atoms with van der Waals surface area (Å²) in [5.41, 5.74) is -0.687. The normalized spacial score (nSPS) is 24.8. The number of likely N-dealkylation sites (tertiary alicyclic amines) is 1. The van der Waals surface area contributed by atoms with Crippen LogP contribution in [0.3, 0.4) is 0 Å². The first kappa shape index (κ1) is 12.4. The Kier molecular flexibility index (Phi) is 4.04. The maximum atomic E-state index is 12.6. The van der Waals surface area contributed by atoms with E-state index in [0.717, 1.165) is 51.6 Å². The Bertz CT molecular complexity index is 305. The third-order valence-electron chi connectivity index (χ3n) is 4.22. The number of amides is 1. The fourth-order valence-corrected chi connectivity index (χ4v) is 3.11. The van der Waals surface area contributed by atoms with E-state index in [1.54, 1.807) is 0 Å². The van der Waals surface area contributed by atoms with E-state index >= 15 is 0 Å². The molecule has 3 heteroatoms. The molecule has 1 amide bonds. The third kappa shape index (κ3) is 2.62. The maximum Gasteiger partial charge on any atom is 0.243 e. The maximum absolute atomic E-state index is 12.6. The molecule has 0 radical (unpaired) electrons. The second-order valence-corrected chi connectivity index (χ2v) is 5.46. The van der Waals surface area contributed by atoms with Crippen LogP contribution >= 0.6 is 0 Å². The van der Waals surface area contributed by atoms with Crippen molar-refractivity contribution in [3.8, 4) is 6.07 Å². The number of nitrogens with zero attached hydrogens (tertiary/aromatic N) is 2. The van der Waals surface area contributed by atoms with Crippen molar-refractivity contribution in [2.75, 3.05) is 13.1 Å². The minimum absolute atomic E-state index is 0.126. The number of carbonyl (C=O) groups excluding carboxylic acids is 1. The molecular weight excluding hydrogens is 212 g/mol. The number of rotatable bonds is 1. The first-order chi connectivity index (χ1) is 8.28. The van der Waals surface area contributed by atoms with Crippen LogP contribution in [0.5, 0.6) is 0 Å². The van der Waals surface area contributed by atoms with Gasteiger partial charge in [-0.05, 0) is 32.1 Å². The molecule has 17 heavy (non-hydrogen) atoms. The van der Waals surface area contributed by atoms with E-state index in [4.69, 9.17) is 0 Å². The lowest BCUT2D eigenvalue weighted by molar-refractivity contribution is -0.140. The summed E-state index contributed by atoms with van der Waals surface area (Å²) in [4.78, 5) is 14.5. The highest BCUT2D eigenvalue weighted by Crippen LogP contribution is 2.36. The smallest absolute Gasteiger partial charge is 0.243 e. The van der Waals surface area contributed by atoms with Gasteiger partial charge in [-0.25, -0.2) is 0 Å². The van der Waals surface area contributed by atoms with Crippen LogP contribution in [0.25, 0.3) is 0 Å². The Balaban J connectivity index is 2.10. The molecule has 0 aromatic rings. The summed E-state index contributed by atoms with van der Waals surface area (Å²) >= 11 is 0. The summed E-state index contributed by atoms with van der Waals surface area (Å²) in [6.45, 7) is 1.73. The summed E-state index contributed by atoms with van der Waals surface area (Å²) < 4.78 is 0. The summed E-state index contributed by atoms with van der Waals surface area (Å²) in [6.07, 6.45) is 9.41. The van der Waals surface area contributed by atoms with Gasteiger partial charge in [0.05, 0.1) is 6.07 Å². The van der Waals surface area contributed by atoms with Crippen molar-refractivity contribution in [2.45, 2.75) is 57.8 Å². The number of carbonyl (C=O) groups is 1. The van der Waals surface area contributed by atoms with Crippen LogP contribution in [0, 0.1) is 16.7 Å². The van der Waals surface area contributed by atoms with E-state index in [1.165, 1.54) is 19.3 Å². The van der Waals surface area contributed by atoms with Crippen molar-refractivity contribution >= 4 is 5.91 Å². The molecule has 1 aliphatic heterocycles. The van der Waals surface area contributed by atoms with Crippen molar-refractivity contribution in [2.24, 2.45) is 5.41 Å². The molecule has 0 N–H and O–H groups in total. The van der Waals surface area contributed by atoms with Crippen LogP contribution in [0.1, 0.15) is 57.8 Å². The molecule has 0 spiro atoms. The third-order valence-corrected chi connectivity index (χ3v) is 4.22. The van der Waals surface area contributed by atoms with Gasteiger partial charge < -0.3 is 4.90 Å². The van der Waals surface area contributed by atoms with Crippen molar-refractivity contribution in [1.29, 1.82) is 5.26 Å². The highest BCUT2D eigenvalue weighted by Gasteiger charge is 2.41. The zero-order valence-corrected chi connectivity index (χ0v) is 10.6. The molecule has 3 nitrogen and oxygen atoms in total.